The third-order valence-electron chi connectivity index (χ3n) is 4.78. The molecule has 33 heavy (non-hydrogen) atoms. The van der Waals surface area contributed by atoms with Crippen molar-refractivity contribution in [3.05, 3.63) is 93.3 Å². The molecule has 4 aromatic rings. The number of methoxy groups -OCH3 is 1. The largest absolute Gasteiger partial charge is 0.495 e. The van der Waals surface area contributed by atoms with Crippen LogP contribution in [0.15, 0.2) is 82.7 Å². The van der Waals surface area contributed by atoms with Gasteiger partial charge < -0.3 is 10.1 Å². The first-order valence-corrected chi connectivity index (χ1v) is 10.8. The Morgan fingerprint density at radius 2 is 1.79 bits per heavy atom. The summed E-state index contributed by atoms with van der Waals surface area (Å²) in [4.78, 5) is 41.2. The summed E-state index contributed by atoms with van der Waals surface area (Å²) >= 11 is 1.05. The zero-order chi connectivity index (χ0) is 23.4. The number of ether oxygens (including phenoxy) is 1. The molecule has 0 unspecified atom stereocenters. The maximum absolute atomic E-state index is 13.4. The molecular weight excluding hydrogens is 444 g/mol. The molecule has 0 bridgehead atoms. The average molecular weight is 462 g/mol. The van der Waals surface area contributed by atoms with Gasteiger partial charge in [-0.1, -0.05) is 48.2 Å². The summed E-state index contributed by atoms with van der Waals surface area (Å²) in [5, 5.41) is 14.5. The molecule has 0 spiro atoms. The third kappa shape index (κ3) is 4.55. The van der Waals surface area contributed by atoms with Gasteiger partial charge in [0.2, 0.25) is 5.91 Å². The van der Waals surface area contributed by atoms with Gasteiger partial charge in [0.25, 0.3) is 11.2 Å². The Morgan fingerprint density at radius 1 is 1.09 bits per heavy atom. The zero-order valence-electron chi connectivity index (χ0n) is 17.4. The molecule has 0 fully saturated rings. The lowest BCUT2D eigenvalue weighted by Gasteiger charge is -2.15. The molecule has 9 nitrogen and oxygen atoms in total. The number of benzene rings is 3. The molecule has 4 rings (SSSR count). The van der Waals surface area contributed by atoms with Crippen LogP contribution in [-0.2, 0) is 4.79 Å². The predicted octanol–water partition coefficient (Wildman–Crippen LogP) is 4.03. The Kier molecular flexibility index (Phi) is 6.36. The van der Waals surface area contributed by atoms with Crippen LogP contribution in [-0.4, -0.2) is 33.2 Å². The van der Waals surface area contributed by atoms with Crippen LogP contribution >= 0.6 is 11.8 Å². The molecule has 0 radical (unpaired) electrons. The first-order valence-electron chi connectivity index (χ1n) is 9.81. The van der Waals surface area contributed by atoms with Crippen LogP contribution in [0.2, 0.25) is 0 Å². The number of carbonyl (C=O) groups excluding carboxylic acids is 1. The number of anilines is 1. The fourth-order valence-corrected chi connectivity index (χ4v) is 4.10. The van der Waals surface area contributed by atoms with Crippen LogP contribution < -0.4 is 15.6 Å². The second-order valence-electron chi connectivity index (χ2n) is 6.84. The lowest BCUT2D eigenvalue weighted by Crippen LogP contribution is -2.23. The van der Waals surface area contributed by atoms with Crippen molar-refractivity contribution in [3.8, 4) is 11.4 Å². The van der Waals surface area contributed by atoms with Gasteiger partial charge in [0.15, 0.2) is 5.16 Å². The maximum atomic E-state index is 13.4. The normalized spacial score (nSPS) is 10.7. The van der Waals surface area contributed by atoms with E-state index < -0.39 is 10.8 Å². The van der Waals surface area contributed by atoms with Gasteiger partial charge in [0, 0.05) is 6.07 Å². The monoisotopic (exact) mass is 462 g/mol. The van der Waals surface area contributed by atoms with Gasteiger partial charge in [-0.3, -0.25) is 24.3 Å². The summed E-state index contributed by atoms with van der Waals surface area (Å²) in [6, 6.07) is 19.8. The van der Waals surface area contributed by atoms with E-state index in [1.54, 1.807) is 54.6 Å². The molecule has 0 aliphatic carbocycles. The minimum atomic E-state index is -0.563. The Balaban J connectivity index is 1.70. The van der Waals surface area contributed by atoms with Crippen molar-refractivity contribution in [1.29, 1.82) is 0 Å². The van der Waals surface area contributed by atoms with E-state index in [9.17, 15) is 19.7 Å². The average Bonchev–Trinajstić information content (AvgIpc) is 2.83. The fraction of sp³-hybridized carbons (Fsp3) is 0.0870. The van der Waals surface area contributed by atoms with Crippen LogP contribution in [0.1, 0.15) is 0 Å². The van der Waals surface area contributed by atoms with Crippen molar-refractivity contribution in [3.63, 3.8) is 0 Å². The number of fused-ring (bicyclic) bond motifs is 1. The topological polar surface area (TPSA) is 116 Å². The van der Waals surface area contributed by atoms with E-state index in [-0.39, 0.29) is 22.7 Å². The Labute approximate surface area is 192 Å². The highest BCUT2D eigenvalue weighted by atomic mass is 32.2. The van der Waals surface area contributed by atoms with Crippen LogP contribution in [0.25, 0.3) is 16.6 Å². The van der Waals surface area contributed by atoms with E-state index in [0.717, 1.165) is 11.8 Å². The maximum Gasteiger partial charge on any atom is 0.292 e. The number of aromatic nitrogens is 2. The minimum absolute atomic E-state index is 0.0988. The zero-order valence-corrected chi connectivity index (χ0v) is 18.2. The third-order valence-corrected chi connectivity index (χ3v) is 5.72. The van der Waals surface area contributed by atoms with Crippen molar-refractivity contribution in [1.82, 2.24) is 9.55 Å². The van der Waals surface area contributed by atoms with Crippen molar-refractivity contribution in [2.24, 2.45) is 0 Å². The number of nitrogens with one attached hydrogen (secondary N) is 1. The first kappa shape index (κ1) is 22.0. The summed E-state index contributed by atoms with van der Waals surface area (Å²) in [5.41, 5.74) is 0.583. The molecule has 0 atom stereocenters. The second-order valence-corrected chi connectivity index (χ2v) is 7.78. The molecule has 10 heteroatoms. The van der Waals surface area contributed by atoms with Crippen molar-refractivity contribution < 1.29 is 14.5 Å². The number of amides is 1. The van der Waals surface area contributed by atoms with Gasteiger partial charge in [-0.05, 0) is 30.3 Å². The van der Waals surface area contributed by atoms with E-state index >= 15 is 0 Å². The fourth-order valence-electron chi connectivity index (χ4n) is 3.29. The highest BCUT2D eigenvalue weighted by molar-refractivity contribution is 7.99. The van der Waals surface area contributed by atoms with Gasteiger partial charge in [-0.15, -0.1) is 0 Å². The smallest absolute Gasteiger partial charge is 0.292 e. The molecule has 1 heterocycles. The Hall–Kier alpha value is -4.18. The van der Waals surface area contributed by atoms with Crippen LogP contribution in [0.5, 0.6) is 5.75 Å². The molecule has 166 valence electrons. The van der Waals surface area contributed by atoms with E-state index in [2.05, 4.69) is 10.3 Å². The number of nitrogens with zero attached hydrogens (tertiary/aromatic N) is 3. The number of nitro groups is 1. The highest BCUT2D eigenvalue weighted by Crippen LogP contribution is 2.28. The van der Waals surface area contributed by atoms with Crippen LogP contribution in [0.3, 0.4) is 0 Å². The number of para-hydroxylation sites is 5. The number of hydrogen-bond donors (Lipinski definition) is 1. The summed E-state index contributed by atoms with van der Waals surface area (Å²) in [7, 11) is 1.51. The van der Waals surface area contributed by atoms with Crippen molar-refractivity contribution in [2.75, 3.05) is 18.2 Å². The summed E-state index contributed by atoms with van der Waals surface area (Å²) in [6.45, 7) is 0. The molecule has 1 amide bonds. The minimum Gasteiger partial charge on any atom is -0.495 e. The van der Waals surface area contributed by atoms with Crippen LogP contribution in [0, 0.1) is 10.1 Å². The number of carbonyl (C=O) groups is 1. The van der Waals surface area contributed by atoms with E-state index in [1.165, 1.54) is 29.9 Å². The van der Waals surface area contributed by atoms with E-state index in [4.69, 9.17) is 4.74 Å². The number of rotatable bonds is 7. The molecule has 0 aliphatic rings. The molecule has 1 N–H and O–H groups in total. The van der Waals surface area contributed by atoms with E-state index in [0.29, 0.717) is 27.5 Å². The molecule has 1 aromatic heterocycles. The number of hydrogen-bond acceptors (Lipinski definition) is 7. The Bertz CT molecular complexity index is 1420. The quantitative estimate of drug-likeness (QED) is 0.191. The standard InChI is InChI=1S/C23H18N4O5S/c1-32-20-13-7-6-12-19(20)26-22(29)15-8-2-3-9-16(15)25-23(26)33-14-21(28)24-17-10-4-5-11-18(17)27(30)31/h2-13H,14H2,1H3,(H,24,28). The number of thioether (sulfide) groups is 1. The molecular formula is C23H18N4O5S. The van der Waals surface area contributed by atoms with Gasteiger partial charge in [-0.25, -0.2) is 4.98 Å². The summed E-state index contributed by atoms with van der Waals surface area (Å²) < 4.78 is 6.83. The lowest BCUT2D eigenvalue weighted by atomic mass is 10.2. The SMILES string of the molecule is COc1ccccc1-n1c(SCC(=O)Nc2ccccc2[N+](=O)[O-])nc2ccccc2c1=O. The lowest BCUT2D eigenvalue weighted by molar-refractivity contribution is -0.383. The van der Waals surface area contributed by atoms with E-state index in [1.807, 2.05) is 0 Å². The molecule has 0 saturated carbocycles. The van der Waals surface area contributed by atoms with Crippen LogP contribution in [0.4, 0.5) is 11.4 Å². The van der Waals surface area contributed by atoms with Crippen molar-refractivity contribution >= 4 is 39.9 Å². The van der Waals surface area contributed by atoms with Gasteiger partial charge >= 0.3 is 0 Å². The molecule has 0 saturated heterocycles. The van der Waals surface area contributed by atoms with Crippen molar-refractivity contribution in [2.45, 2.75) is 5.16 Å². The molecule has 0 aliphatic heterocycles. The summed E-state index contributed by atoms with van der Waals surface area (Å²) in [6.07, 6.45) is 0. The second kappa shape index (κ2) is 9.53. The van der Waals surface area contributed by atoms with Gasteiger partial charge in [0.05, 0.1) is 34.4 Å². The predicted molar refractivity (Wildman–Crippen MR) is 126 cm³/mol. The summed E-state index contributed by atoms with van der Waals surface area (Å²) in [5.74, 6) is -0.113. The van der Waals surface area contributed by atoms with Gasteiger partial charge in [-0.2, -0.15) is 0 Å². The number of nitro benzene ring substituents is 1. The first-order chi connectivity index (χ1) is 16.0. The molecule has 3 aromatic carbocycles. The van der Waals surface area contributed by atoms with Gasteiger partial charge in [0.1, 0.15) is 11.4 Å². The Morgan fingerprint density at radius 3 is 2.58 bits per heavy atom. The highest BCUT2D eigenvalue weighted by Gasteiger charge is 2.19.